The molecule has 1 saturated heterocycles. The molecule has 1 aromatic rings. The molecular formula is C18H29BrIN3O3S. The Balaban J connectivity index is 0.00000364. The highest BCUT2D eigenvalue weighted by molar-refractivity contribution is 14.0. The van der Waals surface area contributed by atoms with E-state index in [4.69, 9.17) is 4.74 Å². The quantitative estimate of drug-likeness (QED) is 0.308. The Labute approximate surface area is 188 Å². The van der Waals surface area contributed by atoms with E-state index in [0.717, 1.165) is 49.5 Å². The molecule has 0 bridgehead atoms. The molecular weight excluding hydrogens is 545 g/mol. The van der Waals surface area contributed by atoms with Gasteiger partial charge in [0, 0.05) is 44.9 Å². The molecule has 9 heteroatoms. The van der Waals surface area contributed by atoms with E-state index < -0.39 is 9.84 Å². The van der Waals surface area contributed by atoms with Crippen LogP contribution < -0.4 is 5.32 Å². The lowest BCUT2D eigenvalue weighted by molar-refractivity contribution is 0.0625. The number of benzene rings is 1. The summed E-state index contributed by atoms with van der Waals surface area (Å²) in [4.78, 5) is 6.66. The lowest BCUT2D eigenvalue weighted by Gasteiger charge is -2.26. The van der Waals surface area contributed by atoms with E-state index in [1.807, 2.05) is 7.05 Å². The van der Waals surface area contributed by atoms with E-state index in [0.29, 0.717) is 17.4 Å². The standard InChI is InChI=1S/C18H28BrN3O3S.HI/c1-20-18(22(2)11-7-15-8-12-25-13-9-15)21-10-14-26(23,24)17-5-3-16(19)4-6-17;/h3-6,15H,7-14H2,1-2H3,(H,20,21);1H. The number of nitrogens with zero attached hydrogens (tertiary/aromatic N) is 2. The molecule has 154 valence electrons. The van der Waals surface area contributed by atoms with Gasteiger partial charge in [0.05, 0.1) is 10.6 Å². The first-order chi connectivity index (χ1) is 12.4. The second-order valence-electron chi connectivity index (χ2n) is 6.51. The lowest BCUT2D eigenvalue weighted by Crippen LogP contribution is -2.41. The van der Waals surface area contributed by atoms with Crippen molar-refractivity contribution in [3.8, 4) is 0 Å². The molecule has 1 aromatic carbocycles. The van der Waals surface area contributed by atoms with E-state index in [1.54, 1.807) is 31.3 Å². The Hall–Kier alpha value is -0.390. The zero-order valence-corrected chi connectivity index (χ0v) is 20.6. The summed E-state index contributed by atoms with van der Waals surface area (Å²) in [6.45, 7) is 2.93. The molecule has 1 N–H and O–H groups in total. The minimum absolute atomic E-state index is 0. The first-order valence-electron chi connectivity index (χ1n) is 8.90. The van der Waals surface area contributed by atoms with Crippen molar-refractivity contribution in [1.29, 1.82) is 0 Å². The molecule has 0 unspecified atom stereocenters. The van der Waals surface area contributed by atoms with Crippen molar-refractivity contribution in [2.75, 3.05) is 46.2 Å². The van der Waals surface area contributed by atoms with Crippen LogP contribution in [0.2, 0.25) is 0 Å². The van der Waals surface area contributed by atoms with Crippen LogP contribution >= 0.6 is 39.9 Å². The van der Waals surface area contributed by atoms with Crippen LogP contribution in [0.5, 0.6) is 0 Å². The average molecular weight is 574 g/mol. The van der Waals surface area contributed by atoms with Gasteiger partial charge in [0.2, 0.25) is 0 Å². The van der Waals surface area contributed by atoms with Crippen molar-refractivity contribution < 1.29 is 13.2 Å². The largest absolute Gasteiger partial charge is 0.381 e. The summed E-state index contributed by atoms with van der Waals surface area (Å²) in [7, 11) is 0.396. The van der Waals surface area contributed by atoms with Crippen LogP contribution in [0.3, 0.4) is 0 Å². The van der Waals surface area contributed by atoms with Gasteiger partial charge in [-0.05, 0) is 49.4 Å². The molecule has 1 heterocycles. The highest BCUT2D eigenvalue weighted by Crippen LogP contribution is 2.18. The van der Waals surface area contributed by atoms with Crippen LogP contribution in [0.4, 0.5) is 0 Å². The third-order valence-electron chi connectivity index (χ3n) is 4.61. The van der Waals surface area contributed by atoms with Gasteiger partial charge in [0.25, 0.3) is 0 Å². The van der Waals surface area contributed by atoms with Crippen molar-refractivity contribution in [3.63, 3.8) is 0 Å². The molecule has 0 spiro atoms. The normalized spacial score (nSPS) is 15.9. The number of nitrogens with one attached hydrogen (secondary N) is 1. The molecule has 2 rings (SSSR count). The lowest BCUT2D eigenvalue weighted by atomic mass is 9.96. The zero-order chi connectivity index (χ0) is 19.0. The van der Waals surface area contributed by atoms with Gasteiger partial charge in [-0.2, -0.15) is 0 Å². The van der Waals surface area contributed by atoms with Crippen LogP contribution in [0.15, 0.2) is 38.6 Å². The maximum absolute atomic E-state index is 12.4. The fourth-order valence-electron chi connectivity index (χ4n) is 2.96. The Morgan fingerprint density at radius 3 is 2.52 bits per heavy atom. The van der Waals surface area contributed by atoms with Gasteiger partial charge < -0.3 is 15.0 Å². The molecule has 1 aliphatic heterocycles. The number of halogens is 2. The Morgan fingerprint density at radius 1 is 1.30 bits per heavy atom. The summed E-state index contributed by atoms with van der Waals surface area (Å²) >= 11 is 3.32. The summed E-state index contributed by atoms with van der Waals surface area (Å²) in [6.07, 6.45) is 3.33. The van der Waals surface area contributed by atoms with E-state index in [-0.39, 0.29) is 29.7 Å². The summed E-state index contributed by atoms with van der Waals surface area (Å²) in [6, 6.07) is 6.72. The number of ether oxygens (including phenoxy) is 1. The van der Waals surface area contributed by atoms with Crippen molar-refractivity contribution in [1.82, 2.24) is 10.2 Å². The molecule has 0 saturated carbocycles. The zero-order valence-electron chi connectivity index (χ0n) is 15.9. The van der Waals surface area contributed by atoms with Crippen molar-refractivity contribution in [2.24, 2.45) is 10.9 Å². The minimum atomic E-state index is -3.31. The minimum Gasteiger partial charge on any atom is -0.381 e. The maximum Gasteiger partial charge on any atom is 0.193 e. The number of guanidine groups is 1. The molecule has 0 aliphatic carbocycles. The first kappa shape index (κ1) is 24.6. The summed E-state index contributed by atoms with van der Waals surface area (Å²) in [5, 5.41) is 3.16. The van der Waals surface area contributed by atoms with Crippen molar-refractivity contribution >= 4 is 55.7 Å². The molecule has 0 atom stereocenters. The van der Waals surface area contributed by atoms with Crippen molar-refractivity contribution in [2.45, 2.75) is 24.2 Å². The van der Waals surface area contributed by atoms with Crippen LogP contribution in [0.25, 0.3) is 0 Å². The molecule has 0 aromatic heterocycles. The molecule has 6 nitrogen and oxygen atoms in total. The number of sulfone groups is 1. The highest BCUT2D eigenvalue weighted by atomic mass is 127. The van der Waals surface area contributed by atoms with Crippen LogP contribution in [-0.4, -0.2) is 65.4 Å². The third kappa shape index (κ3) is 8.25. The van der Waals surface area contributed by atoms with E-state index >= 15 is 0 Å². The van der Waals surface area contributed by atoms with Gasteiger partial charge >= 0.3 is 0 Å². The molecule has 0 radical (unpaired) electrons. The van der Waals surface area contributed by atoms with Gasteiger partial charge in [0.15, 0.2) is 15.8 Å². The van der Waals surface area contributed by atoms with Crippen LogP contribution in [0, 0.1) is 5.92 Å². The first-order valence-corrected chi connectivity index (χ1v) is 11.3. The second kappa shape index (κ2) is 12.2. The predicted molar refractivity (Wildman–Crippen MR) is 124 cm³/mol. The van der Waals surface area contributed by atoms with E-state index in [1.165, 1.54) is 0 Å². The Bertz CT molecular complexity index is 692. The SMILES string of the molecule is CN=C(NCCS(=O)(=O)c1ccc(Br)cc1)N(C)CCC1CCOCC1.I. The molecule has 0 amide bonds. The van der Waals surface area contributed by atoms with Gasteiger partial charge in [-0.1, -0.05) is 15.9 Å². The Morgan fingerprint density at radius 2 is 1.93 bits per heavy atom. The molecule has 1 aliphatic rings. The number of hydrogen-bond donors (Lipinski definition) is 1. The molecule has 1 fully saturated rings. The van der Waals surface area contributed by atoms with Gasteiger partial charge in [-0.3, -0.25) is 4.99 Å². The molecule has 27 heavy (non-hydrogen) atoms. The van der Waals surface area contributed by atoms with E-state index in [9.17, 15) is 8.42 Å². The maximum atomic E-state index is 12.4. The summed E-state index contributed by atoms with van der Waals surface area (Å²) in [5.41, 5.74) is 0. The average Bonchev–Trinajstić information content (AvgIpc) is 2.64. The van der Waals surface area contributed by atoms with Crippen LogP contribution in [-0.2, 0) is 14.6 Å². The summed E-state index contributed by atoms with van der Waals surface area (Å²) < 4.78 is 31.0. The smallest absolute Gasteiger partial charge is 0.193 e. The van der Waals surface area contributed by atoms with Gasteiger partial charge in [-0.15, -0.1) is 24.0 Å². The fraction of sp³-hybridized carbons (Fsp3) is 0.611. The van der Waals surface area contributed by atoms with Gasteiger partial charge in [0.1, 0.15) is 0 Å². The Kier molecular flexibility index (Phi) is 11.2. The number of hydrogen-bond acceptors (Lipinski definition) is 4. The number of rotatable bonds is 7. The van der Waals surface area contributed by atoms with Gasteiger partial charge in [-0.25, -0.2) is 8.42 Å². The second-order valence-corrected chi connectivity index (χ2v) is 9.54. The van der Waals surface area contributed by atoms with Crippen molar-refractivity contribution in [3.05, 3.63) is 28.7 Å². The van der Waals surface area contributed by atoms with Crippen LogP contribution in [0.1, 0.15) is 19.3 Å². The van der Waals surface area contributed by atoms with E-state index in [2.05, 4.69) is 31.1 Å². The monoisotopic (exact) mass is 573 g/mol. The highest BCUT2D eigenvalue weighted by Gasteiger charge is 2.17. The summed E-state index contributed by atoms with van der Waals surface area (Å²) in [5.74, 6) is 1.45. The number of aliphatic imine (C=N–C) groups is 1. The fourth-order valence-corrected chi connectivity index (χ4v) is 4.38. The topological polar surface area (TPSA) is 71.0 Å². The predicted octanol–water partition coefficient (Wildman–Crippen LogP) is 3.16. The third-order valence-corrected chi connectivity index (χ3v) is 6.87.